The molecule has 2 amide bonds. The summed E-state index contributed by atoms with van der Waals surface area (Å²) in [4.78, 5) is 37.5. The molecule has 2 rings (SSSR count). The number of nitrogens with one attached hydrogen (secondary N) is 1. The fraction of sp³-hybridized carbons (Fsp3) is 0.286. The molecule has 2 aromatic carbocycles. The first-order valence-electron chi connectivity index (χ1n) is 9.05. The van der Waals surface area contributed by atoms with Crippen LogP contribution in [0.1, 0.15) is 12.5 Å². The zero-order valence-corrected chi connectivity index (χ0v) is 17.1. The van der Waals surface area contributed by atoms with Gasteiger partial charge < -0.3 is 15.0 Å². The summed E-state index contributed by atoms with van der Waals surface area (Å²) < 4.78 is 18.4. The van der Waals surface area contributed by atoms with Crippen molar-refractivity contribution in [2.75, 3.05) is 31.3 Å². The van der Waals surface area contributed by atoms with Crippen LogP contribution < -0.4 is 5.32 Å². The molecular weight excluding hydrogens is 395 g/mol. The third-order valence-electron chi connectivity index (χ3n) is 4.02. The van der Waals surface area contributed by atoms with Gasteiger partial charge in [0, 0.05) is 17.6 Å². The van der Waals surface area contributed by atoms with Crippen molar-refractivity contribution in [3.8, 4) is 0 Å². The van der Waals surface area contributed by atoms with Crippen molar-refractivity contribution in [3.63, 3.8) is 0 Å². The lowest BCUT2D eigenvalue weighted by atomic mass is 10.1. The first-order valence-corrected chi connectivity index (χ1v) is 10.0. The van der Waals surface area contributed by atoms with Gasteiger partial charge in [0.1, 0.15) is 5.82 Å². The van der Waals surface area contributed by atoms with Crippen LogP contribution in [-0.2, 0) is 25.5 Å². The van der Waals surface area contributed by atoms with E-state index in [2.05, 4.69) is 5.32 Å². The van der Waals surface area contributed by atoms with Crippen molar-refractivity contribution in [2.45, 2.75) is 18.2 Å². The average molecular weight is 418 g/mol. The first-order chi connectivity index (χ1) is 13.9. The molecule has 0 aliphatic carbocycles. The Hall–Kier alpha value is -2.87. The maximum atomic E-state index is 13.5. The highest BCUT2D eigenvalue weighted by molar-refractivity contribution is 8.00. The van der Waals surface area contributed by atoms with Crippen molar-refractivity contribution >= 4 is 35.2 Å². The Bertz CT molecular complexity index is 875. The Labute approximate surface area is 173 Å². The van der Waals surface area contributed by atoms with E-state index in [1.54, 1.807) is 24.3 Å². The van der Waals surface area contributed by atoms with Crippen molar-refractivity contribution in [3.05, 3.63) is 59.9 Å². The number of likely N-dealkylation sites (N-methyl/N-ethyl adjacent to an activating group) is 1. The number of thioether (sulfide) groups is 1. The third-order valence-corrected chi connectivity index (χ3v) is 5.04. The first kappa shape index (κ1) is 22.4. The van der Waals surface area contributed by atoms with Crippen LogP contribution in [-0.4, -0.2) is 48.6 Å². The van der Waals surface area contributed by atoms with E-state index in [9.17, 15) is 18.8 Å². The number of halogens is 1. The summed E-state index contributed by atoms with van der Waals surface area (Å²) >= 11 is 0.992. The fourth-order valence-corrected chi connectivity index (χ4v) is 3.17. The van der Waals surface area contributed by atoms with Gasteiger partial charge in [0.25, 0.3) is 5.91 Å². The molecule has 29 heavy (non-hydrogen) atoms. The Morgan fingerprint density at radius 1 is 1.10 bits per heavy atom. The van der Waals surface area contributed by atoms with Gasteiger partial charge in [0.15, 0.2) is 6.61 Å². The summed E-state index contributed by atoms with van der Waals surface area (Å²) in [7, 11) is 1.45. The minimum absolute atomic E-state index is 0.119. The van der Waals surface area contributed by atoms with Crippen molar-refractivity contribution in [1.82, 2.24) is 4.90 Å². The Morgan fingerprint density at radius 3 is 2.52 bits per heavy atom. The molecule has 154 valence electrons. The van der Waals surface area contributed by atoms with Crippen LogP contribution in [0.15, 0.2) is 53.4 Å². The van der Waals surface area contributed by atoms with Crippen LogP contribution in [0.4, 0.5) is 10.1 Å². The molecule has 0 radical (unpaired) electrons. The second-order valence-electron chi connectivity index (χ2n) is 6.19. The molecule has 0 aliphatic rings. The summed E-state index contributed by atoms with van der Waals surface area (Å²) in [6.45, 7) is 1.34. The Kier molecular flexibility index (Phi) is 8.67. The number of benzene rings is 2. The number of para-hydroxylation sites is 1. The normalized spacial score (nSPS) is 10.3. The molecule has 6 nitrogen and oxygen atoms in total. The summed E-state index contributed by atoms with van der Waals surface area (Å²) in [6.07, 6.45) is 0.770. The zero-order chi connectivity index (χ0) is 21.2. The zero-order valence-electron chi connectivity index (χ0n) is 16.3. The van der Waals surface area contributed by atoms with E-state index in [1.165, 1.54) is 18.0 Å². The molecule has 0 bridgehead atoms. The van der Waals surface area contributed by atoms with Gasteiger partial charge in [-0.2, -0.15) is 0 Å². The van der Waals surface area contributed by atoms with E-state index in [0.717, 1.165) is 23.7 Å². The van der Waals surface area contributed by atoms with Gasteiger partial charge in [-0.25, -0.2) is 4.39 Å². The molecule has 0 saturated carbocycles. The maximum absolute atomic E-state index is 13.5. The number of hydrogen-bond donors (Lipinski definition) is 1. The molecule has 0 unspecified atom stereocenters. The standard InChI is InChI=1S/C21H23FN2O4S/c1-3-15-8-4-6-10-17(15)23-19(25)12-24(2)20(26)13-28-21(27)14-29-18-11-7-5-9-16(18)22/h4-11H,3,12-14H2,1-2H3,(H,23,25). The van der Waals surface area contributed by atoms with E-state index in [-0.39, 0.29) is 18.2 Å². The van der Waals surface area contributed by atoms with Crippen LogP contribution in [0.25, 0.3) is 0 Å². The molecule has 0 saturated heterocycles. The van der Waals surface area contributed by atoms with Gasteiger partial charge in [-0.3, -0.25) is 14.4 Å². The molecular formula is C21H23FN2O4S. The van der Waals surface area contributed by atoms with E-state index >= 15 is 0 Å². The Balaban J connectivity index is 1.74. The van der Waals surface area contributed by atoms with Crippen molar-refractivity contribution in [2.24, 2.45) is 0 Å². The Morgan fingerprint density at radius 2 is 1.79 bits per heavy atom. The third kappa shape index (κ3) is 7.23. The number of hydrogen-bond acceptors (Lipinski definition) is 5. The summed E-state index contributed by atoms with van der Waals surface area (Å²) in [5.41, 5.74) is 1.70. The smallest absolute Gasteiger partial charge is 0.316 e. The van der Waals surface area contributed by atoms with Gasteiger partial charge in [-0.1, -0.05) is 37.3 Å². The molecule has 0 aliphatic heterocycles. The predicted molar refractivity (Wildman–Crippen MR) is 110 cm³/mol. The number of carbonyl (C=O) groups excluding carboxylic acids is 3. The van der Waals surface area contributed by atoms with E-state index in [4.69, 9.17) is 4.74 Å². The molecule has 1 N–H and O–H groups in total. The lowest BCUT2D eigenvalue weighted by molar-refractivity contribution is -0.149. The number of anilines is 1. The van der Waals surface area contributed by atoms with Crippen LogP contribution in [0, 0.1) is 5.82 Å². The number of ether oxygens (including phenoxy) is 1. The number of amides is 2. The summed E-state index contributed by atoms with van der Waals surface area (Å²) in [6, 6.07) is 13.5. The highest BCUT2D eigenvalue weighted by atomic mass is 32.2. The molecule has 0 fully saturated rings. The van der Waals surface area contributed by atoms with Crippen LogP contribution in [0.2, 0.25) is 0 Å². The topological polar surface area (TPSA) is 75.7 Å². The maximum Gasteiger partial charge on any atom is 0.316 e. The van der Waals surface area contributed by atoms with Crippen molar-refractivity contribution < 1.29 is 23.5 Å². The predicted octanol–water partition coefficient (Wildman–Crippen LogP) is 3.12. The quantitative estimate of drug-likeness (QED) is 0.500. The molecule has 0 atom stereocenters. The monoisotopic (exact) mass is 418 g/mol. The SMILES string of the molecule is CCc1ccccc1NC(=O)CN(C)C(=O)COC(=O)CSc1ccccc1F. The minimum Gasteiger partial charge on any atom is -0.455 e. The van der Waals surface area contributed by atoms with Gasteiger partial charge in [0.2, 0.25) is 5.91 Å². The van der Waals surface area contributed by atoms with Crippen molar-refractivity contribution in [1.29, 1.82) is 0 Å². The molecule has 0 heterocycles. The van der Waals surface area contributed by atoms with Gasteiger partial charge in [-0.15, -0.1) is 11.8 Å². The summed E-state index contributed by atoms with van der Waals surface area (Å²) in [5.74, 6) is -2.03. The number of carbonyl (C=O) groups is 3. The van der Waals surface area contributed by atoms with Gasteiger partial charge >= 0.3 is 5.97 Å². The van der Waals surface area contributed by atoms with Crippen LogP contribution in [0.5, 0.6) is 0 Å². The molecule has 0 spiro atoms. The number of rotatable bonds is 9. The fourth-order valence-electron chi connectivity index (χ4n) is 2.44. The second-order valence-corrected chi connectivity index (χ2v) is 7.21. The summed E-state index contributed by atoms with van der Waals surface area (Å²) in [5, 5.41) is 2.78. The second kappa shape index (κ2) is 11.2. The van der Waals surface area contributed by atoms with Crippen LogP contribution in [0.3, 0.4) is 0 Å². The van der Waals surface area contributed by atoms with Gasteiger partial charge in [0.05, 0.1) is 12.3 Å². The van der Waals surface area contributed by atoms with E-state index in [1.807, 2.05) is 25.1 Å². The molecule has 2 aromatic rings. The lowest BCUT2D eigenvalue weighted by Gasteiger charge is -2.17. The van der Waals surface area contributed by atoms with Crippen LogP contribution >= 0.6 is 11.8 Å². The lowest BCUT2D eigenvalue weighted by Crippen LogP contribution is -2.37. The molecule has 8 heteroatoms. The molecule has 0 aromatic heterocycles. The van der Waals surface area contributed by atoms with E-state index < -0.39 is 24.3 Å². The average Bonchev–Trinajstić information content (AvgIpc) is 2.71. The van der Waals surface area contributed by atoms with E-state index in [0.29, 0.717) is 10.6 Å². The number of nitrogens with zero attached hydrogens (tertiary/aromatic N) is 1. The largest absolute Gasteiger partial charge is 0.455 e. The minimum atomic E-state index is -0.638. The highest BCUT2D eigenvalue weighted by Gasteiger charge is 2.16. The number of aryl methyl sites for hydroxylation is 1. The van der Waals surface area contributed by atoms with Gasteiger partial charge in [-0.05, 0) is 30.2 Å². The number of esters is 1. The highest BCUT2D eigenvalue weighted by Crippen LogP contribution is 2.21.